The summed E-state index contributed by atoms with van der Waals surface area (Å²) in [7, 11) is 0. The Morgan fingerprint density at radius 3 is 2.24 bits per heavy atom. The predicted octanol–water partition coefficient (Wildman–Crippen LogP) is 6.24. The molecule has 0 saturated carbocycles. The molecule has 0 heterocycles. The van der Waals surface area contributed by atoms with Gasteiger partial charge >= 0.3 is 6.09 Å². The molecule has 148 valence electrons. The lowest BCUT2D eigenvalue weighted by Gasteiger charge is -2.16. The van der Waals surface area contributed by atoms with Gasteiger partial charge in [-0.1, -0.05) is 48.5 Å². The molecular formula is C24H22INO2S. The van der Waals surface area contributed by atoms with E-state index in [9.17, 15) is 4.79 Å². The SMILES string of the molecule is Cc1c(I)cc(CNC(=O)OCC2c3ccccc3-c3ccccc32)c(C)c1S. The van der Waals surface area contributed by atoms with Crippen LogP contribution in [-0.4, -0.2) is 12.7 Å². The number of hydrogen-bond donors (Lipinski definition) is 2. The average Bonchev–Trinajstić information content (AvgIpc) is 3.06. The van der Waals surface area contributed by atoms with Gasteiger partial charge in [0.1, 0.15) is 6.61 Å². The van der Waals surface area contributed by atoms with Gasteiger partial charge in [0.25, 0.3) is 0 Å². The molecule has 3 aromatic rings. The normalized spacial score (nSPS) is 12.4. The summed E-state index contributed by atoms with van der Waals surface area (Å²) in [6.07, 6.45) is -0.400. The monoisotopic (exact) mass is 515 g/mol. The number of amides is 1. The highest BCUT2D eigenvalue weighted by molar-refractivity contribution is 14.1. The van der Waals surface area contributed by atoms with E-state index in [1.54, 1.807) is 0 Å². The smallest absolute Gasteiger partial charge is 0.407 e. The van der Waals surface area contributed by atoms with Crippen molar-refractivity contribution in [3.05, 3.63) is 86.0 Å². The van der Waals surface area contributed by atoms with Gasteiger partial charge in [0.2, 0.25) is 0 Å². The second-order valence-corrected chi connectivity index (χ2v) is 8.90. The van der Waals surface area contributed by atoms with Crippen LogP contribution in [0.3, 0.4) is 0 Å². The first-order valence-corrected chi connectivity index (χ1v) is 11.1. The molecule has 0 unspecified atom stereocenters. The van der Waals surface area contributed by atoms with Crippen LogP contribution in [0.5, 0.6) is 0 Å². The number of halogens is 1. The Kier molecular flexibility index (Phi) is 5.88. The Morgan fingerprint density at radius 1 is 1.03 bits per heavy atom. The van der Waals surface area contributed by atoms with Crippen molar-refractivity contribution in [3.8, 4) is 11.1 Å². The molecule has 0 radical (unpaired) electrons. The lowest BCUT2D eigenvalue weighted by Crippen LogP contribution is -2.26. The summed E-state index contributed by atoms with van der Waals surface area (Å²) in [5, 5.41) is 2.89. The van der Waals surface area contributed by atoms with E-state index in [-0.39, 0.29) is 5.92 Å². The van der Waals surface area contributed by atoms with Crippen molar-refractivity contribution in [1.82, 2.24) is 5.32 Å². The van der Waals surface area contributed by atoms with Gasteiger partial charge < -0.3 is 10.1 Å². The number of alkyl carbamates (subject to hydrolysis) is 1. The Balaban J connectivity index is 1.43. The van der Waals surface area contributed by atoms with Gasteiger partial charge in [-0.25, -0.2) is 4.79 Å². The molecule has 4 rings (SSSR count). The predicted molar refractivity (Wildman–Crippen MR) is 128 cm³/mol. The van der Waals surface area contributed by atoms with Gasteiger partial charge in [-0.15, -0.1) is 12.6 Å². The van der Waals surface area contributed by atoms with Crippen molar-refractivity contribution < 1.29 is 9.53 Å². The number of benzene rings is 3. The minimum Gasteiger partial charge on any atom is -0.449 e. The van der Waals surface area contributed by atoms with Crippen LogP contribution >= 0.6 is 35.2 Å². The van der Waals surface area contributed by atoms with Crippen LogP contribution < -0.4 is 5.32 Å². The highest BCUT2D eigenvalue weighted by Crippen LogP contribution is 2.44. The lowest BCUT2D eigenvalue weighted by molar-refractivity contribution is 0.142. The Bertz CT molecular complexity index is 1050. The summed E-state index contributed by atoms with van der Waals surface area (Å²) in [6, 6.07) is 18.8. The fraction of sp³-hybridized carbons (Fsp3) is 0.208. The van der Waals surface area contributed by atoms with Crippen LogP contribution in [0.4, 0.5) is 4.79 Å². The third kappa shape index (κ3) is 3.90. The Hall–Kier alpha value is -1.99. The second kappa shape index (κ2) is 8.40. The van der Waals surface area contributed by atoms with Crippen molar-refractivity contribution in [2.24, 2.45) is 0 Å². The largest absolute Gasteiger partial charge is 0.449 e. The molecule has 0 aliphatic heterocycles. The molecule has 29 heavy (non-hydrogen) atoms. The van der Waals surface area contributed by atoms with Gasteiger partial charge in [-0.05, 0) is 81.4 Å². The molecule has 3 aromatic carbocycles. The number of hydrogen-bond acceptors (Lipinski definition) is 3. The Labute approximate surface area is 190 Å². The van der Waals surface area contributed by atoms with E-state index in [1.165, 1.54) is 22.3 Å². The molecule has 0 fully saturated rings. The van der Waals surface area contributed by atoms with Gasteiger partial charge in [0.15, 0.2) is 0 Å². The van der Waals surface area contributed by atoms with Crippen LogP contribution in [0.1, 0.15) is 33.7 Å². The number of nitrogens with one attached hydrogen (secondary N) is 1. The molecule has 0 atom stereocenters. The van der Waals surface area contributed by atoms with Gasteiger partial charge in [0.05, 0.1) is 0 Å². The molecule has 1 N–H and O–H groups in total. The summed E-state index contributed by atoms with van der Waals surface area (Å²) in [4.78, 5) is 13.4. The van der Waals surface area contributed by atoms with Crippen LogP contribution in [0.25, 0.3) is 11.1 Å². The zero-order valence-corrected chi connectivity index (χ0v) is 19.4. The topological polar surface area (TPSA) is 38.3 Å². The van der Waals surface area contributed by atoms with Crippen molar-refractivity contribution in [3.63, 3.8) is 0 Å². The van der Waals surface area contributed by atoms with Crippen LogP contribution in [0.2, 0.25) is 0 Å². The fourth-order valence-corrected chi connectivity index (χ4v) is 5.04. The summed E-state index contributed by atoms with van der Waals surface area (Å²) >= 11 is 6.90. The highest BCUT2D eigenvalue weighted by Gasteiger charge is 2.28. The molecule has 0 saturated heterocycles. The van der Waals surface area contributed by atoms with E-state index < -0.39 is 6.09 Å². The van der Waals surface area contributed by atoms with Crippen molar-refractivity contribution in [2.75, 3.05) is 6.61 Å². The molecular weight excluding hydrogens is 493 g/mol. The molecule has 5 heteroatoms. The van der Waals surface area contributed by atoms with E-state index in [0.29, 0.717) is 13.2 Å². The first-order valence-electron chi connectivity index (χ1n) is 9.53. The summed E-state index contributed by atoms with van der Waals surface area (Å²) in [5.74, 6) is 0.0688. The van der Waals surface area contributed by atoms with E-state index in [4.69, 9.17) is 4.74 Å². The first-order chi connectivity index (χ1) is 14.0. The maximum atomic E-state index is 12.4. The quantitative estimate of drug-likeness (QED) is 0.319. The minimum absolute atomic E-state index is 0.0688. The zero-order chi connectivity index (χ0) is 20.5. The van der Waals surface area contributed by atoms with Crippen LogP contribution in [-0.2, 0) is 11.3 Å². The third-order valence-corrected chi connectivity index (χ3v) is 7.41. The molecule has 1 amide bonds. The van der Waals surface area contributed by atoms with Crippen molar-refractivity contribution >= 4 is 41.3 Å². The number of carbonyl (C=O) groups excluding carboxylic acids is 1. The maximum Gasteiger partial charge on any atom is 0.407 e. The maximum absolute atomic E-state index is 12.4. The molecule has 1 aliphatic rings. The van der Waals surface area contributed by atoms with Crippen molar-refractivity contribution in [2.45, 2.75) is 31.2 Å². The van der Waals surface area contributed by atoms with Gasteiger partial charge in [-0.3, -0.25) is 0 Å². The van der Waals surface area contributed by atoms with Crippen molar-refractivity contribution in [1.29, 1.82) is 0 Å². The van der Waals surface area contributed by atoms with E-state index in [1.807, 2.05) is 31.2 Å². The van der Waals surface area contributed by atoms with E-state index >= 15 is 0 Å². The lowest BCUT2D eigenvalue weighted by atomic mass is 9.98. The zero-order valence-electron chi connectivity index (χ0n) is 16.3. The third-order valence-electron chi connectivity index (χ3n) is 5.62. The average molecular weight is 515 g/mol. The molecule has 0 aromatic heterocycles. The minimum atomic E-state index is -0.400. The van der Waals surface area contributed by atoms with Crippen LogP contribution in [0.15, 0.2) is 59.5 Å². The fourth-order valence-electron chi connectivity index (χ4n) is 3.92. The number of rotatable bonds is 4. The van der Waals surface area contributed by atoms with E-state index in [2.05, 4.69) is 77.8 Å². The first kappa shape index (κ1) is 20.3. The Morgan fingerprint density at radius 2 is 1.62 bits per heavy atom. The molecule has 1 aliphatic carbocycles. The molecule has 0 bridgehead atoms. The number of fused-ring (bicyclic) bond motifs is 3. The van der Waals surface area contributed by atoms with E-state index in [0.717, 1.165) is 25.2 Å². The summed E-state index contributed by atoms with van der Waals surface area (Å²) in [6.45, 7) is 4.83. The number of thiol groups is 1. The standard InChI is InChI=1S/C24H22INO2S/c1-14-16(11-22(25)15(2)23(14)29)12-26-24(27)28-13-21-19-9-5-3-7-17(19)18-8-4-6-10-20(18)21/h3-11,21,29H,12-13H2,1-2H3,(H,26,27). The highest BCUT2D eigenvalue weighted by atomic mass is 127. The van der Waals surface area contributed by atoms with Crippen LogP contribution in [0, 0.1) is 17.4 Å². The van der Waals surface area contributed by atoms with Gasteiger partial charge in [-0.2, -0.15) is 0 Å². The number of ether oxygens (including phenoxy) is 1. The molecule has 3 nitrogen and oxygen atoms in total. The number of carbonyl (C=O) groups is 1. The van der Waals surface area contributed by atoms with Gasteiger partial charge in [0, 0.05) is 20.9 Å². The summed E-state index contributed by atoms with van der Waals surface area (Å²) in [5.41, 5.74) is 8.18. The summed E-state index contributed by atoms with van der Waals surface area (Å²) < 4.78 is 6.76. The molecule has 0 spiro atoms. The second-order valence-electron chi connectivity index (χ2n) is 7.30.